The molecule has 1 N–H and O–H groups in total. The number of para-hydroxylation sites is 1. The quantitative estimate of drug-likeness (QED) is 0.509. The number of amides is 1. The summed E-state index contributed by atoms with van der Waals surface area (Å²) in [5, 5.41) is 4.54. The highest BCUT2D eigenvalue weighted by molar-refractivity contribution is 6.35. The zero-order valence-electron chi connectivity index (χ0n) is 15.6. The van der Waals surface area contributed by atoms with Crippen LogP contribution in [-0.2, 0) is 0 Å². The summed E-state index contributed by atoms with van der Waals surface area (Å²) >= 11 is 12.6. The van der Waals surface area contributed by atoms with Crippen LogP contribution in [0.25, 0.3) is 0 Å². The molecule has 142 valence electrons. The monoisotopic (exact) mass is 410 g/mol. The molecule has 0 saturated carbocycles. The molecular weight excluding hydrogens is 391 g/mol. The van der Waals surface area contributed by atoms with Gasteiger partial charge in [0.25, 0.3) is 5.91 Å². The van der Waals surface area contributed by atoms with Crippen molar-refractivity contribution >= 4 is 40.5 Å². The van der Waals surface area contributed by atoms with E-state index in [1.807, 2.05) is 42.5 Å². The summed E-state index contributed by atoms with van der Waals surface area (Å²) in [7, 11) is 0. The average Bonchev–Trinajstić information content (AvgIpc) is 2.68. The van der Waals surface area contributed by atoms with Gasteiger partial charge in [-0.15, -0.1) is 0 Å². The summed E-state index contributed by atoms with van der Waals surface area (Å²) in [6.07, 6.45) is -0.433. The van der Waals surface area contributed by atoms with Crippen LogP contribution in [0.1, 0.15) is 47.4 Å². The van der Waals surface area contributed by atoms with Gasteiger partial charge in [0.2, 0.25) is 0 Å². The lowest BCUT2D eigenvalue weighted by atomic mass is 10.00. The average molecular weight is 411 g/mol. The summed E-state index contributed by atoms with van der Waals surface area (Å²) in [6.45, 7) is 4.30. The van der Waals surface area contributed by atoms with E-state index in [1.165, 1.54) is 5.56 Å². The molecule has 1 aliphatic heterocycles. The number of nitrogens with zero attached hydrogens (tertiary/aromatic N) is 1. The number of nitrogens with one attached hydrogen (secondary N) is 1. The van der Waals surface area contributed by atoms with Gasteiger partial charge in [-0.25, -0.2) is 0 Å². The minimum absolute atomic E-state index is 0.0670. The number of benzene rings is 3. The minimum atomic E-state index is -0.433. The van der Waals surface area contributed by atoms with E-state index in [1.54, 1.807) is 17.0 Å². The van der Waals surface area contributed by atoms with E-state index in [2.05, 4.69) is 31.3 Å². The normalized spacial score (nSPS) is 16.1. The maximum absolute atomic E-state index is 13.4. The number of carbonyl (C=O) groups is 1. The molecule has 4 rings (SSSR count). The van der Waals surface area contributed by atoms with Crippen LogP contribution in [0.3, 0.4) is 0 Å². The molecule has 0 fully saturated rings. The third-order valence-electron chi connectivity index (χ3n) is 5.02. The van der Waals surface area contributed by atoms with E-state index < -0.39 is 6.17 Å². The second-order valence-corrected chi connectivity index (χ2v) is 8.02. The lowest BCUT2D eigenvalue weighted by Gasteiger charge is -2.38. The zero-order valence-corrected chi connectivity index (χ0v) is 17.1. The Balaban J connectivity index is 1.84. The van der Waals surface area contributed by atoms with Gasteiger partial charge in [0.15, 0.2) is 0 Å². The second-order valence-electron chi connectivity index (χ2n) is 7.18. The molecule has 1 heterocycles. The van der Waals surface area contributed by atoms with Crippen LogP contribution in [0.2, 0.25) is 10.0 Å². The Morgan fingerprint density at radius 2 is 1.68 bits per heavy atom. The van der Waals surface area contributed by atoms with Gasteiger partial charge in [-0.3, -0.25) is 9.69 Å². The van der Waals surface area contributed by atoms with Gasteiger partial charge < -0.3 is 5.32 Å². The van der Waals surface area contributed by atoms with Crippen molar-refractivity contribution in [1.82, 2.24) is 0 Å². The summed E-state index contributed by atoms with van der Waals surface area (Å²) in [5.41, 5.74) is 4.26. The van der Waals surface area contributed by atoms with Crippen molar-refractivity contribution in [2.45, 2.75) is 25.9 Å². The van der Waals surface area contributed by atoms with Crippen molar-refractivity contribution in [3.8, 4) is 0 Å². The third kappa shape index (κ3) is 3.36. The maximum atomic E-state index is 13.4. The molecule has 0 radical (unpaired) electrons. The molecule has 0 saturated heterocycles. The van der Waals surface area contributed by atoms with Crippen molar-refractivity contribution in [3.63, 3.8) is 0 Å². The molecule has 0 bridgehead atoms. The number of rotatable bonds is 3. The molecule has 1 amide bonds. The fourth-order valence-corrected chi connectivity index (χ4v) is 3.99. The Bertz CT molecular complexity index is 1030. The van der Waals surface area contributed by atoms with Crippen molar-refractivity contribution < 1.29 is 4.79 Å². The van der Waals surface area contributed by atoms with Gasteiger partial charge in [-0.2, -0.15) is 0 Å². The number of carbonyl (C=O) groups excluding carboxylic acids is 1. The van der Waals surface area contributed by atoms with Crippen molar-refractivity contribution in [2.75, 3.05) is 10.2 Å². The van der Waals surface area contributed by atoms with Gasteiger partial charge >= 0.3 is 0 Å². The third-order valence-corrected chi connectivity index (χ3v) is 5.58. The molecule has 3 nitrogen and oxygen atoms in total. The van der Waals surface area contributed by atoms with E-state index in [-0.39, 0.29) is 5.91 Å². The van der Waals surface area contributed by atoms with Crippen LogP contribution in [0.15, 0.2) is 66.7 Å². The first-order valence-corrected chi connectivity index (χ1v) is 9.95. The lowest BCUT2D eigenvalue weighted by molar-refractivity contribution is 0.0975. The fraction of sp³-hybridized carbons (Fsp3) is 0.174. The maximum Gasteiger partial charge on any atom is 0.262 e. The molecule has 0 spiro atoms. The molecule has 3 aromatic carbocycles. The van der Waals surface area contributed by atoms with Crippen molar-refractivity contribution in [2.24, 2.45) is 0 Å². The van der Waals surface area contributed by atoms with Gasteiger partial charge in [0.05, 0.1) is 5.56 Å². The molecule has 5 heteroatoms. The Labute approximate surface area is 174 Å². The standard InChI is InChI=1S/C23H20Cl2N2O/c1-14(2)15-7-10-17(11-8-15)27-22(18-12-9-16(24)13-20(18)25)26-21-6-4-3-5-19(21)23(27)28/h3-14,22,26H,1-2H3/t22-/m0/s1. The first-order chi connectivity index (χ1) is 13.5. The molecule has 3 aromatic rings. The Morgan fingerprint density at radius 3 is 2.36 bits per heavy atom. The van der Waals surface area contributed by atoms with Gasteiger partial charge in [-0.05, 0) is 47.9 Å². The fourth-order valence-electron chi connectivity index (χ4n) is 3.48. The predicted octanol–water partition coefficient (Wildman–Crippen LogP) is 6.89. The van der Waals surface area contributed by atoms with Crippen LogP contribution in [0, 0.1) is 0 Å². The molecular formula is C23H20Cl2N2O. The smallest absolute Gasteiger partial charge is 0.262 e. The minimum Gasteiger partial charge on any atom is -0.360 e. The van der Waals surface area contributed by atoms with Crippen molar-refractivity contribution in [3.05, 3.63) is 93.5 Å². The molecule has 28 heavy (non-hydrogen) atoms. The summed E-state index contributed by atoms with van der Waals surface area (Å²) in [4.78, 5) is 15.2. The lowest BCUT2D eigenvalue weighted by Crippen LogP contribution is -2.43. The van der Waals surface area contributed by atoms with Crippen molar-refractivity contribution in [1.29, 1.82) is 0 Å². The largest absolute Gasteiger partial charge is 0.360 e. The Hall–Kier alpha value is -2.49. The van der Waals surface area contributed by atoms with E-state index in [0.29, 0.717) is 21.5 Å². The summed E-state index contributed by atoms with van der Waals surface area (Å²) in [5.74, 6) is 0.356. The number of halogens is 2. The SMILES string of the molecule is CC(C)c1ccc(N2C(=O)c3ccccc3N[C@@H]2c2ccc(Cl)cc2Cl)cc1. The molecule has 1 atom stereocenters. The predicted molar refractivity (Wildman–Crippen MR) is 117 cm³/mol. The van der Waals surface area contributed by atoms with Gasteiger partial charge in [-0.1, -0.05) is 67.4 Å². The number of hydrogen-bond acceptors (Lipinski definition) is 2. The zero-order chi connectivity index (χ0) is 19.8. The van der Waals surface area contributed by atoms with E-state index >= 15 is 0 Å². The highest BCUT2D eigenvalue weighted by Gasteiger charge is 2.35. The summed E-state index contributed by atoms with van der Waals surface area (Å²) < 4.78 is 0. The molecule has 0 aromatic heterocycles. The highest BCUT2D eigenvalue weighted by atomic mass is 35.5. The number of hydrogen-bond donors (Lipinski definition) is 1. The Kier molecular flexibility index (Phi) is 5.05. The number of fused-ring (bicyclic) bond motifs is 1. The van der Waals surface area contributed by atoms with Crippen LogP contribution < -0.4 is 10.2 Å². The van der Waals surface area contributed by atoms with Crippen LogP contribution >= 0.6 is 23.2 Å². The van der Waals surface area contributed by atoms with E-state index in [0.717, 1.165) is 16.9 Å². The first kappa shape index (κ1) is 18.9. The first-order valence-electron chi connectivity index (χ1n) is 9.19. The van der Waals surface area contributed by atoms with E-state index in [4.69, 9.17) is 23.2 Å². The topological polar surface area (TPSA) is 32.3 Å². The van der Waals surface area contributed by atoms with Crippen LogP contribution in [-0.4, -0.2) is 5.91 Å². The molecule has 0 aliphatic carbocycles. The van der Waals surface area contributed by atoms with Gasteiger partial charge in [0.1, 0.15) is 6.17 Å². The number of anilines is 2. The summed E-state index contributed by atoms with van der Waals surface area (Å²) in [6, 6.07) is 21.0. The van der Waals surface area contributed by atoms with Crippen LogP contribution in [0.4, 0.5) is 11.4 Å². The van der Waals surface area contributed by atoms with Crippen LogP contribution in [0.5, 0.6) is 0 Å². The Morgan fingerprint density at radius 1 is 0.964 bits per heavy atom. The van der Waals surface area contributed by atoms with E-state index in [9.17, 15) is 4.79 Å². The molecule has 0 unspecified atom stereocenters. The molecule has 1 aliphatic rings. The van der Waals surface area contributed by atoms with Gasteiger partial charge in [0, 0.05) is 27.0 Å². The second kappa shape index (κ2) is 7.50. The highest BCUT2D eigenvalue weighted by Crippen LogP contribution is 2.39.